The summed E-state index contributed by atoms with van der Waals surface area (Å²) in [5.41, 5.74) is 0.627. The number of nitrogens with zero attached hydrogens (tertiary/aromatic N) is 2. The minimum atomic E-state index is -0.748. The van der Waals surface area contributed by atoms with Crippen LogP contribution in [0.25, 0.3) is 0 Å². The quantitative estimate of drug-likeness (QED) is 0.256. The zero-order valence-electron chi connectivity index (χ0n) is 14.0. The fourth-order valence-corrected chi connectivity index (χ4v) is 2.22. The third kappa shape index (κ3) is 5.14. The van der Waals surface area contributed by atoms with E-state index in [-0.39, 0.29) is 27.8 Å². The number of benzene rings is 2. The molecule has 1 amide bonds. The number of amides is 1. The lowest BCUT2D eigenvalue weighted by atomic mass is 10.1. The first-order valence-electron chi connectivity index (χ1n) is 7.55. The van der Waals surface area contributed by atoms with Gasteiger partial charge >= 0.3 is 0 Å². The van der Waals surface area contributed by atoms with E-state index in [2.05, 4.69) is 10.6 Å². The Morgan fingerprint density at radius 2 is 1.81 bits per heavy atom. The number of hydrogen-bond donors (Lipinski definition) is 2. The molecule has 136 valence electrons. The number of carbonyl (C=O) groups excluding carboxylic acids is 2. The van der Waals surface area contributed by atoms with Crippen molar-refractivity contribution in [1.82, 2.24) is 0 Å². The molecule has 2 rings (SSSR count). The molecular formula is C18H13ClN4O4. The van der Waals surface area contributed by atoms with Crippen LogP contribution in [0, 0.1) is 21.4 Å². The molecular weight excluding hydrogens is 372 g/mol. The first kappa shape index (κ1) is 19.6. The minimum Gasteiger partial charge on any atom is -0.360 e. The van der Waals surface area contributed by atoms with Gasteiger partial charge in [0.1, 0.15) is 16.7 Å². The third-order valence-corrected chi connectivity index (χ3v) is 3.76. The van der Waals surface area contributed by atoms with Crippen LogP contribution in [0.3, 0.4) is 0 Å². The van der Waals surface area contributed by atoms with Crippen molar-refractivity contribution >= 4 is 40.4 Å². The minimum absolute atomic E-state index is 0.0651. The molecule has 8 nitrogen and oxygen atoms in total. The van der Waals surface area contributed by atoms with Gasteiger partial charge in [0.05, 0.1) is 4.92 Å². The van der Waals surface area contributed by atoms with Crippen LogP contribution >= 0.6 is 11.6 Å². The highest BCUT2D eigenvalue weighted by atomic mass is 35.5. The summed E-state index contributed by atoms with van der Waals surface area (Å²) in [7, 11) is 0. The van der Waals surface area contributed by atoms with Crippen molar-refractivity contribution in [2.24, 2.45) is 0 Å². The molecule has 2 aromatic carbocycles. The number of hydrogen-bond acceptors (Lipinski definition) is 6. The van der Waals surface area contributed by atoms with Gasteiger partial charge in [0.25, 0.3) is 11.6 Å². The molecule has 0 fully saturated rings. The normalized spacial score (nSPS) is 10.6. The van der Waals surface area contributed by atoms with Gasteiger partial charge in [0.2, 0.25) is 0 Å². The summed E-state index contributed by atoms with van der Waals surface area (Å²) in [6, 6.07) is 12.0. The Kier molecular flexibility index (Phi) is 6.25. The Bertz CT molecular complexity index is 978. The van der Waals surface area contributed by atoms with Crippen LogP contribution in [-0.2, 0) is 4.79 Å². The van der Waals surface area contributed by atoms with Crippen LogP contribution < -0.4 is 10.6 Å². The second kappa shape index (κ2) is 8.60. The number of anilines is 2. The lowest BCUT2D eigenvalue weighted by Crippen LogP contribution is -2.14. The zero-order valence-corrected chi connectivity index (χ0v) is 14.8. The number of Topliss-reactive ketones (excluding diaryl/α,β-unsaturated/α-hetero) is 1. The van der Waals surface area contributed by atoms with Gasteiger partial charge in [-0.2, -0.15) is 5.26 Å². The van der Waals surface area contributed by atoms with Crippen LogP contribution in [0.1, 0.15) is 17.3 Å². The molecule has 0 heterocycles. The van der Waals surface area contributed by atoms with Crippen LogP contribution in [0.15, 0.2) is 54.2 Å². The van der Waals surface area contributed by atoms with Gasteiger partial charge < -0.3 is 10.6 Å². The van der Waals surface area contributed by atoms with Crippen molar-refractivity contribution in [2.75, 3.05) is 10.6 Å². The van der Waals surface area contributed by atoms with Gasteiger partial charge in [-0.1, -0.05) is 11.6 Å². The molecule has 0 aliphatic rings. The first-order valence-corrected chi connectivity index (χ1v) is 7.92. The lowest BCUT2D eigenvalue weighted by Gasteiger charge is -2.06. The highest BCUT2D eigenvalue weighted by Gasteiger charge is 2.15. The molecule has 0 aliphatic heterocycles. The van der Waals surface area contributed by atoms with E-state index in [1.807, 2.05) is 0 Å². The van der Waals surface area contributed by atoms with Gasteiger partial charge in [-0.25, -0.2) is 0 Å². The van der Waals surface area contributed by atoms with Gasteiger partial charge in [0.15, 0.2) is 5.78 Å². The van der Waals surface area contributed by atoms with E-state index in [0.717, 1.165) is 6.07 Å². The number of nitro benzene ring substituents is 1. The van der Waals surface area contributed by atoms with E-state index >= 15 is 0 Å². The van der Waals surface area contributed by atoms with E-state index in [1.165, 1.54) is 25.3 Å². The van der Waals surface area contributed by atoms with Crippen molar-refractivity contribution in [3.63, 3.8) is 0 Å². The lowest BCUT2D eigenvalue weighted by molar-refractivity contribution is -0.384. The summed E-state index contributed by atoms with van der Waals surface area (Å²) < 4.78 is 0. The van der Waals surface area contributed by atoms with E-state index in [1.54, 1.807) is 30.3 Å². The molecule has 0 saturated heterocycles. The molecule has 2 N–H and O–H groups in total. The number of halogens is 1. The summed E-state index contributed by atoms with van der Waals surface area (Å²) in [5, 5.41) is 25.2. The Hall–Kier alpha value is -3.70. The fraction of sp³-hybridized carbons (Fsp3) is 0.0556. The van der Waals surface area contributed by atoms with Gasteiger partial charge in [0, 0.05) is 29.2 Å². The van der Waals surface area contributed by atoms with Gasteiger partial charge in [-0.15, -0.1) is 0 Å². The highest BCUT2D eigenvalue weighted by molar-refractivity contribution is 6.32. The van der Waals surface area contributed by atoms with E-state index in [9.17, 15) is 19.7 Å². The Morgan fingerprint density at radius 1 is 1.19 bits per heavy atom. The maximum atomic E-state index is 12.2. The van der Waals surface area contributed by atoms with Crippen LogP contribution in [0.4, 0.5) is 17.1 Å². The number of nitriles is 1. The average Bonchev–Trinajstić information content (AvgIpc) is 2.64. The van der Waals surface area contributed by atoms with E-state index in [4.69, 9.17) is 16.9 Å². The molecule has 0 atom stereocenters. The maximum absolute atomic E-state index is 12.2. The average molecular weight is 385 g/mol. The summed E-state index contributed by atoms with van der Waals surface area (Å²) in [6.07, 6.45) is 1.20. The van der Waals surface area contributed by atoms with Crippen molar-refractivity contribution in [3.05, 3.63) is 74.9 Å². The van der Waals surface area contributed by atoms with Gasteiger partial charge in [-0.3, -0.25) is 19.7 Å². The summed E-state index contributed by atoms with van der Waals surface area (Å²) in [4.78, 5) is 33.6. The largest absolute Gasteiger partial charge is 0.360 e. The van der Waals surface area contributed by atoms with Gasteiger partial charge in [-0.05, 0) is 43.3 Å². The Morgan fingerprint density at radius 3 is 2.37 bits per heavy atom. The summed E-state index contributed by atoms with van der Waals surface area (Å²) >= 11 is 5.72. The van der Waals surface area contributed by atoms with Crippen molar-refractivity contribution in [3.8, 4) is 6.07 Å². The van der Waals surface area contributed by atoms with Crippen molar-refractivity contribution in [1.29, 1.82) is 5.26 Å². The van der Waals surface area contributed by atoms with Crippen LogP contribution in [0.2, 0.25) is 5.02 Å². The predicted molar refractivity (Wildman–Crippen MR) is 101 cm³/mol. The van der Waals surface area contributed by atoms with E-state index < -0.39 is 10.8 Å². The monoisotopic (exact) mass is 384 g/mol. The van der Waals surface area contributed by atoms with Crippen molar-refractivity contribution in [2.45, 2.75) is 6.92 Å². The number of nitro groups is 1. The highest BCUT2D eigenvalue weighted by Crippen LogP contribution is 2.27. The standard InChI is InChI=1S/C18H13ClN4O4/c1-11(24)12-2-4-14(5-3-12)21-10-13(9-20)18(25)22-15-6-7-16(19)17(8-15)23(26)27/h2-8,10,21H,1H3,(H,22,25)/b13-10-. The second-order valence-electron chi connectivity index (χ2n) is 5.33. The molecule has 0 spiro atoms. The molecule has 27 heavy (non-hydrogen) atoms. The predicted octanol–water partition coefficient (Wildman–Crippen LogP) is 3.91. The maximum Gasteiger partial charge on any atom is 0.289 e. The molecule has 0 bridgehead atoms. The summed E-state index contributed by atoms with van der Waals surface area (Å²) in [5.74, 6) is -0.826. The van der Waals surface area contributed by atoms with Crippen molar-refractivity contribution < 1.29 is 14.5 Å². The molecule has 0 unspecified atom stereocenters. The molecule has 0 radical (unpaired) electrons. The Labute approximate surface area is 159 Å². The first-order chi connectivity index (χ1) is 12.8. The molecule has 2 aromatic rings. The Balaban J connectivity index is 2.12. The zero-order chi connectivity index (χ0) is 20.0. The topological polar surface area (TPSA) is 125 Å². The number of rotatable bonds is 6. The van der Waals surface area contributed by atoms with E-state index in [0.29, 0.717) is 11.3 Å². The van der Waals surface area contributed by atoms with Crippen LogP contribution in [0.5, 0.6) is 0 Å². The molecule has 9 heteroatoms. The number of carbonyl (C=O) groups is 2. The molecule has 0 aliphatic carbocycles. The molecule has 0 aromatic heterocycles. The number of ketones is 1. The SMILES string of the molecule is CC(=O)c1ccc(N/C=C(/C#N)C(=O)Nc2ccc(Cl)c([N+](=O)[O-])c2)cc1. The summed E-state index contributed by atoms with van der Waals surface area (Å²) in [6.45, 7) is 1.45. The fourth-order valence-electron chi connectivity index (χ4n) is 2.03. The molecule has 0 saturated carbocycles. The number of nitrogens with one attached hydrogen (secondary N) is 2. The van der Waals surface area contributed by atoms with Crippen LogP contribution in [-0.4, -0.2) is 16.6 Å². The second-order valence-corrected chi connectivity index (χ2v) is 5.73. The smallest absolute Gasteiger partial charge is 0.289 e. The third-order valence-electron chi connectivity index (χ3n) is 3.44.